The molecule has 0 spiro atoms. The van der Waals surface area contributed by atoms with Gasteiger partial charge in [-0.05, 0) is 59.8 Å². The maximum Gasteiger partial charge on any atom is 0.137 e. The number of likely N-dealkylation sites (tertiary alicyclic amines) is 1. The fourth-order valence-electron chi connectivity index (χ4n) is 3.86. The van der Waals surface area contributed by atoms with Gasteiger partial charge in [0, 0.05) is 41.8 Å². The van der Waals surface area contributed by atoms with E-state index < -0.39 is 0 Å². The lowest BCUT2D eigenvalue weighted by molar-refractivity contribution is -0.127. The summed E-state index contributed by atoms with van der Waals surface area (Å²) in [7, 11) is 0. The average molecular weight is 351 g/mol. The molecule has 0 amide bonds. The monoisotopic (exact) mass is 350 g/mol. The Bertz CT molecular complexity index is 505. The van der Waals surface area contributed by atoms with E-state index in [2.05, 4.69) is 31.9 Å². The Morgan fingerprint density at radius 2 is 2.05 bits per heavy atom. The summed E-state index contributed by atoms with van der Waals surface area (Å²) in [5.74, 6) is 0.782. The molecule has 1 aromatic rings. The molecular weight excluding hydrogens is 328 g/mol. The van der Waals surface area contributed by atoms with E-state index in [1.165, 1.54) is 31.2 Å². The lowest BCUT2D eigenvalue weighted by Gasteiger charge is -2.41. The van der Waals surface area contributed by atoms with Gasteiger partial charge in [0.2, 0.25) is 0 Å². The molecular formula is C17H23BrN2O. The van der Waals surface area contributed by atoms with Crippen molar-refractivity contribution in [2.45, 2.75) is 57.5 Å². The van der Waals surface area contributed by atoms with Gasteiger partial charge in [-0.2, -0.15) is 0 Å². The predicted octanol–water partition coefficient (Wildman–Crippen LogP) is 3.96. The first kappa shape index (κ1) is 15.2. The van der Waals surface area contributed by atoms with Crippen LogP contribution in [0.4, 0.5) is 0 Å². The van der Waals surface area contributed by atoms with Crippen LogP contribution < -0.4 is 0 Å². The number of aromatic nitrogens is 1. The van der Waals surface area contributed by atoms with Crippen LogP contribution in [0.3, 0.4) is 0 Å². The maximum absolute atomic E-state index is 12.3. The summed E-state index contributed by atoms with van der Waals surface area (Å²) in [5.41, 5.74) is 1.24. The Balaban J connectivity index is 1.73. The first-order valence-electron chi connectivity index (χ1n) is 8.10. The van der Waals surface area contributed by atoms with Crippen molar-refractivity contribution in [3.8, 4) is 0 Å². The predicted molar refractivity (Wildman–Crippen MR) is 87.0 cm³/mol. The summed E-state index contributed by atoms with van der Waals surface area (Å²) in [6, 6.07) is 2.59. The van der Waals surface area contributed by atoms with Gasteiger partial charge in [-0.25, -0.2) is 0 Å². The van der Waals surface area contributed by atoms with E-state index in [1.54, 1.807) is 0 Å². The second kappa shape index (κ2) is 7.01. The molecule has 2 atom stereocenters. The number of halogens is 1. The number of rotatable bonds is 3. The molecule has 1 aromatic heterocycles. The summed E-state index contributed by atoms with van der Waals surface area (Å²) in [4.78, 5) is 19.1. The topological polar surface area (TPSA) is 33.2 Å². The third-order valence-electron chi connectivity index (χ3n) is 4.88. The van der Waals surface area contributed by atoms with Gasteiger partial charge in [-0.3, -0.25) is 14.7 Å². The van der Waals surface area contributed by atoms with Gasteiger partial charge < -0.3 is 0 Å². The Hall–Kier alpha value is -0.740. The minimum absolute atomic E-state index is 0.277. The van der Waals surface area contributed by atoms with Crippen molar-refractivity contribution < 1.29 is 4.79 Å². The SMILES string of the molecule is O=C1CCCCC1C1CCCCN1Cc1cncc(Br)c1. The van der Waals surface area contributed by atoms with Crippen molar-refractivity contribution >= 4 is 21.7 Å². The van der Waals surface area contributed by atoms with Crippen molar-refractivity contribution in [1.82, 2.24) is 9.88 Å². The molecule has 1 aliphatic carbocycles. The molecule has 0 radical (unpaired) electrons. The van der Waals surface area contributed by atoms with Crippen LogP contribution in [-0.4, -0.2) is 28.3 Å². The van der Waals surface area contributed by atoms with Gasteiger partial charge in [0.1, 0.15) is 5.78 Å². The molecule has 4 heteroatoms. The zero-order valence-corrected chi connectivity index (χ0v) is 14.0. The van der Waals surface area contributed by atoms with Gasteiger partial charge in [0.25, 0.3) is 0 Å². The summed E-state index contributed by atoms with van der Waals surface area (Å²) < 4.78 is 1.03. The van der Waals surface area contributed by atoms with Crippen LogP contribution in [-0.2, 0) is 11.3 Å². The number of ketones is 1. The number of hydrogen-bond acceptors (Lipinski definition) is 3. The van der Waals surface area contributed by atoms with E-state index in [-0.39, 0.29) is 5.92 Å². The molecule has 2 heterocycles. The highest BCUT2D eigenvalue weighted by molar-refractivity contribution is 9.10. The largest absolute Gasteiger partial charge is 0.299 e. The summed E-state index contributed by atoms with van der Waals surface area (Å²) in [5, 5.41) is 0. The number of nitrogens with zero attached hydrogens (tertiary/aromatic N) is 2. The third-order valence-corrected chi connectivity index (χ3v) is 5.31. The molecule has 3 nitrogen and oxygen atoms in total. The van der Waals surface area contributed by atoms with Crippen molar-refractivity contribution in [3.05, 3.63) is 28.5 Å². The van der Waals surface area contributed by atoms with E-state index in [1.807, 2.05) is 12.4 Å². The van der Waals surface area contributed by atoms with Crippen LogP contribution in [0.5, 0.6) is 0 Å². The average Bonchev–Trinajstić information content (AvgIpc) is 2.49. The zero-order chi connectivity index (χ0) is 14.7. The zero-order valence-electron chi connectivity index (χ0n) is 12.4. The molecule has 0 bridgehead atoms. The fourth-order valence-corrected chi connectivity index (χ4v) is 4.27. The van der Waals surface area contributed by atoms with Crippen LogP contribution in [0.25, 0.3) is 0 Å². The van der Waals surface area contributed by atoms with Gasteiger partial charge in [0.05, 0.1) is 0 Å². The van der Waals surface area contributed by atoms with E-state index in [4.69, 9.17) is 0 Å². The summed E-state index contributed by atoms with van der Waals surface area (Å²) in [6.07, 6.45) is 11.7. The molecule has 2 fully saturated rings. The molecule has 1 saturated carbocycles. The van der Waals surface area contributed by atoms with Crippen LogP contribution in [0.2, 0.25) is 0 Å². The van der Waals surface area contributed by atoms with E-state index in [0.29, 0.717) is 11.8 Å². The number of carbonyl (C=O) groups excluding carboxylic acids is 1. The van der Waals surface area contributed by atoms with Crippen LogP contribution in [0.1, 0.15) is 50.5 Å². The summed E-state index contributed by atoms with van der Waals surface area (Å²) >= 11 is 3.49. The first-order valence-corrected chi connectivity index (χ1v) is 8.89. The Morgan fingerprint density at radius 3 is 2.86 bits per heavy atom. The molecule has 2 aliphatic rings. The second-order valence-electron chi connectivity index (χ2n) is 6.36. The van der Waals surface area contributed by atoms with Gasteiger partial charge in [0.15, 0.2) is 0 Å². The quantitative estimate of drug-likeness (QED) is 0.827. The van der Waals surface area contributed by atoms with Crippen molar-refractivity contribution in [2.75, 3.05) is 6.54 Å². The summed E-state index contributed by atoms with van der Waals surface area (Å²) in [6.45, 7) is 2.03. The van der Waals surface area contributed by atoms with Gasteiger partial charge in [-0.15, -0.1) is 0 Å². The molecule has 0 aromatic carbocycles. The van der Waals surface area contributed by atoms with E-state index in [9.17, 15) is 4.79 Å². The Kier molecular flexibility index (Phi) is 5.07. The van der Waals surface area contributed by atoms with Crippen LogP contribution in [0, 0.1) is 5.92 Å². The van der Waals surface area contributed by atoms with Crippen molar-refractivity contribution in [3.63, 3.8) is 0 Å². The fraction of sp³-hybridized carbons (Fsp3) is 0.647. The van der Waals surface area contributed by atoms with E-state index in [0.717, 1.165) is 36.8 Å². The second-order valence-corrected chi connectivity index (χ2v) is 7.28. The minimum atomic E-state index is 0.277. The van der Waals surface area contributed by atoms with Crippen molar-refractivity contribution in [1.29, 1.82) is 0 Å². The number of hydrogen-bond donors (Lipinski definition) is 0. The lowest BCUT2D eigenvalue weighted by Crippen LogP contribution is -2.47. The smallest absolute Gasteiger partial charge is 0.137 e. The van der Waals surface area contributed by atoms with Crippen molar-refractivity contribution in [2.24, 2.45) is 5.92 Å². The number of Topliss-reactive ketones (excluding diaryl/α,β-unsaturated/α-hetero) is 1. The Labute approximate surface area is 135 Å². The molecule has 2 unspecified atom stereocenters. The number of pyridine rings is 1. The first-order chi connectivity index (χ1) is 10.2. The minimum Gasteiger partial charge on any atom is -0.299 e. The third kappa shape index (κ3) is 3.72. The van der Waals surface area contributed by atoms with Gasteiger partial charge in [-0.1, -0.05) is 12.8 Å². The Morgan fingerprint density at radius 1 is 1.19 bits per heavy atom. The van der Waals surface area contributed by atoms with Crippen LogP contribution in [0.15, 0.2) is 22.9 Å². The molecule has 21 heavy (non-hydrogen) atoms. The molecule has 114 valence electrons. The van der Waals surface area contributed by atoms with Crippen LogP contribution >= 0.6 is 15.9 Å². The number of carbonyl (C=O) groups is 1. The van der Waals surface area contributed by atoms with Gasteiger partial charge >= 0.3 is 0 Å². The highest BCUT2D eigenvalue weighted by Crippen LogP contribution is 2.32. The molecule has 0 N–H and O–H groups in total. The molecule has 1 saturated heterocycles. The van der Waals surface area contributed by atoms with E-state index >= 15 is 0 Å². The number of piperidine rings is 1. The highest BCUT2D eigenvalue weighted by Gasteiger charge is 2.35. The normalized spacial score (nSPS) is 27.8. The maximum atomic E-state index is 12.3. The molecule has 3 rings (SSSR count). The lowest BCUT2D eigenvalue weighted by atomic mass is 9.79. The molecule has 1 aliphatic heterocycles. The highest BCUT2D eigenvalue weighted by atomic mass is 79.9. The standard InChI is InChI=1S/C17H23BrN2O/c18-14-9-13(10-19-11-14)12-20-8-4-3-6-16(20)15-5-1-2-7-17(15)21/h9-11,15-16H,1-8,12H2.